The summed E-state index contributed by atoms with van der Waals surface area (Å²) < 4.78 is 4.68. The third kappa shape index (κ3) is 2.97. The van der Waals surface area contributed by atoms with E-state index in [0.717, 1.165) is 25.7 Å². The van der Waals surface area contributed by atoms with Crippen LogP contribution in [-0.2, 0) is 9.53 Å². The summed E-state index contributed by atoms with van der Waals surface area (Å²) in [5.41, 5.74) is 0. The Bertz CT molecular complexity index is 182. The molecule has 0 aromatic carbocycles. The molecule has 76 valence electrons. The molecule has 0 aromatic rings. The Labute approximate surface area is 88.2 Å². The first kappa shape index (κ1) is 11.0. The van der Waals surface area contributed by atoms with Crippen LogP contribution in [0, 0.1) is 0 Å². The SMILES string of the molecule is CCCCCC1(Br)CCCOC1=O. The van der Waals surface area contributed by atoms with Gasteiger partial charge in [-0.25, -0.2) is 0 Å². The fraction of sp³-hybridized carbons (Fsp3) is 0.900. The number of ether oxygens (including phenoxy) is 1. The molecule has 1 aliphatic heterocycles. The lowest BCUT2D eigenvalue weighted by Crippen LogP contribution is -2.38. The molecule has 0 aromatic heterocycles. The molecule has 0 aliphatic carbocycles. The number of rotatable bonds is 4. The van der Waals surface area contributed by atoms with E-state index in [2.05, 4.69) is 22.9 Å². The Morgan fingerprint density at radius 3 is 2.92 bits per heavy atom. The van der Waals surface area contributed by atoms with Crippen LogP contribution >= 0.6 is 15.9 Å². The van der Waals surface area contributed by atoms with Crippen molar-refractivity contribution in [2.24, 2.45) is 0 Å². The molecular formula is C10H17BrO2. The first-order chi connectivity index (χ1) is 6.19. The average molecular weight is 249 g/mol. The van der Waals surface area contributed by atoms with Gasteiger partial charge in [-0.05, 0) is 19.3 Å². The summed E-state index contributed by atoms with van der Waals surface area (Å²) >= 11 is 3.52. The fourth-order valence-corrected chi connectivity index (χ4v) is 2.31. The molecule has 1 fully saturated rings. The van der Waals surface area contributed by atoms with E-state index in [1.165, 1.54) is 12.8 Å². The Morgan fingerprint density at radius 2 is 2.31 bits per heavy atom. The van der Waals surface area contributed by atoms with E-state index in [-0.39, 0.29) is 10.3 Å². The molecule has 0 N–H and O–H groups in total. The second-order valence-corrected chi connectivity index (χ2v) is 5.18. The molecule has 1 atom stereocenters. The number of alkyl halides is 1. The van der Waals surface area contributed by atoms with Crippen molar-refractivity contribution in [2.75, 3.05) is 6.61 Å². The van der Waals surface area contributed by atoms with Gasteiger partial charge >= 0.3 is 5.97 Å². The zero-order chi connectivity index (χ0) is 9.73. The van der Waals surface area contributed by atoms with E-state index in [0.29, 0.717) is 6.61 Å². The summed E-state index contributed by atoms with van der Waals surface area (Å²) in [5.74, 6) is -0.0603. The first-order valence-electron chi connectivity index (χ1n) is 5.05. The number of cyclic esters (lactones) is 1. The normalized spacial score (nSPS) is 28.6. The zero-order valence-electron chi connectivity index (χ0n) is 8.14. The van der Waals surface area contributed by atoms with Crippen molar-refractivity contribution in [2.45, 2.75) is 49.8 Å². The molecule has 0 saturated carbocycles. The molecule has 2 nitrogen and oxygen atoms in total. The van der Waals surface area contributed by atoms with Crippen LogP contribution in [0.4, 0.5) is 0 Å². The van der Waals surface area contributed by atoms with Crippen LogP contribution in [0.25, 0.3) is 0 Å². The molecule has 1 heterocycles. The summed E-state index contributed by atoms with van der Waals surface area (Å²) in [6, 6.07) is 0. The lowest BCUT2D eigenvalue weighted by atomic mass is 9.94. The molecular weight excluding hydrogens is 232 g/mol. The Kier molecular flexibility index (Phi) is 4.23. The molecule has 1 aliphatic rings. The topological polar surface area (TPSA) is 26.3 Å². The molecule has 1 rings (SSSR count). The van der Waals surface area contributed by atoms with Gasteiger partial charge in [-0.1, -0.05) is 42.1 Å². The number of hydrogen-bond acceptors (Lipinski definition) is 2. The van der Waals surface area contributed by atoms with Crippen LogP contribution in [0.5, 0.6) is 0 Å². The lowest BCUT2D eigenvalue weighted by molar-refractivity contribution is -0.150. The van der Waals surface area contributed by atoms with Gasteiger partial charge in [-0.15, -0.1) is 0 Å². The standard InChI is InChI=1S/C10H17BrO2/c1-2-3-4-6-10(11)7-5-8-13-9(10)12/h2-8H2,1H3. The Balaban J connectivity index is 2.38. The first-order valence-corrected chi connectivity index (χ1v) is 5.84. The third-order valence-electron chi connectivity index (χ3n) is 2.49. The molecule has 1 saturated heterocycles. The highest BCUT2D eigenvalue weighted by atomic mass is 79.9. The molecule has 0 spiro atoms. The van der Waals surface area contributed by atoms with Gasteiger partial charge in [-0.3, -0.25) is 4.79 Å². The number of carbonyl (C=O) groups excluding carboxylic acids is 1. The van der Waals surface area contributed by atoms with Crippen LogP contribution in [0.2, 0.25) is 0 Å². The molecule has 0 bridgehead atoms. The lowest BCUT2D eigenvalue weighted by Gasteiger charge is -2.29. The van der Waals surface area contributed by atoms with Gasteiger partial charge in [0.05, 0.1) is 6.61 Å². The number of esters is 1. The molecule has 1 unspecified atom stereocenters. The number of halogens is 1. The summed E-state index contributed by atoms with van der Waals surface area (Å²) in [7, 11) is 0. The van der Waals surface area contributed by atoms with Gasteiger partial charge < -0.3 is 4.74 Å². The summed E-state index contributed by atoms with van der Waals surface area (Å²) in [6.07, 6.45) is 6.33. The van der Waals surface area contributed by atoms with Gasteiger partial charge in [0, 0.05) is 0 Å². The van der Waals surface area contributed by atoms with E-state index in [1.807, 2.05) is 0 Å². The molecule has 0 amide bonds. The van der Waals surface area contributed by atoms with Gasteiger partial charge in [0.25, 0.3) is 0 Å². The van der Waals surface area contributed by atoms with E-state index in [9.17, 15) is 4.79 Å². The smallest absolute Gasteiger partial charge is 0.322 e. The monoisotopic (exact) mass is 248 g/mol. The van der Waals surface area contributed by atoms with Crippen molar-refractivity contribution in [1.82, 2.24) is 0 Å². The number of hydrogen-bond donors (Lipinski definition) is 0. The maximum absolute atomic E-state index is 11.4. The van der Waals surface area contributed by atoms with E-state index < -0.39 is 0 Å². The second-order valence-electron chi connectivity index (χ2n) is 3.66. The predicted octanol–water partition coefficient (Wildman–Crippen LogP) is 3.04. The minimum atomic E-state index is -0.361. The summed E-state index contributed by atoms with van der Waals surface area (Å²) in [5, 5.41) is 0. The highest BCUT2D eigenvalue weighted by molar-refractivity contribution is 9.10. The second kappa shape index (κ2) is 4.99. The van der Waals surface area contributed by atoms with E-state index >= 15 is 0 Å². The summed E-state index contributed by atoms with van der Waals surface area (Å²) in [6.45, 7) is 2.76. The molecule has 3 heteroatoms. The highest BCUT2D eigenvalue weighted by Gasteiger charge is 2.38. The summed E-state index contributed by atoms with van der Waals surface area (Å²) in [4.78, 5) is 11.4. The third-order valence-corrected chi connectivity index (χ3v) is 3.61. The van der Waals surface area contributed by atoms with Gasteiger partial charge in [0.15, 0.2) is 0 Å². The minimum Gasteiger partial charge on any atom is -0.465 e. The maximum atomic E-state index is 11.4. The Hall–Kier alpha value is -0.0500. The van der Waals surface area contributed by atoms with E-state index in [4.69, 9.17) is 4.74 Å². The van der Waals surface area contributed by atoms with Crippen LogP contribution in [0.1, 0.15) is 45.4 Å². The zero-order valence-corrected chi connectivity index (χ0v) is 9.73. The molecule has 13 heavy (non-hydrogen) atoms. The van der Waals surface area contributed by atoms with Crippen LogP contribution < -0.4 is 0 Å². The van der Waals surface area contributed by atoms with Crippen molar-refractivity contribution >= 4 is 21.9 Å². The van der Waals surface area contributed by atoms with Gasteiger partial charge in [0.2, 0.25) is 0 Å². The fourth-order valence-electron chi connectivity index (χ4n) is 1.63. The van der Waals surface area contributed by atoms with Gasteiger partial charge in [-0.2, -0.15) is 0 Å². The number of carbonyl (C=O) groups is 1. The van der Waals surface area contributed by atoms with Crippen molar-refractivity contribution in [3.63, 3.8) is 0 Å². The van der Waals surface area contributed by atoms with Gasteiger partial charge in [0.1, 0.15) is 4.32 Å². The minimum absolute atomic E-state index is 0.0603. The molecule has 0 radical (unpaired) electrons. The largest absolute Gasteiger partial charge is 0.465 e. The van der Waals surface area contributed by atoms with Crippen molar-refractivity contribution in [3.8, 4) is 0 Å². The average Bonchev–Trinajstić information content (AvgIpc) is 2.11. The van der Waals surface area contributed by atoms with Crippen LogP contribution in [0.3, 0.4) is 0 Å². The van der Waals surface area contributed by atoms with Crippen LogP contribution in [-0.4, -0.2) is 16.9 Å². The highest BCUT2D eigenvalue weighted by Crippen LogP contribution is 2.34. The Morgan fingerprint density at radius 1 is 1.54 bits per heavy atom. The quantitative estimate of drug-likeness (QED) is 0.435. The van der Waals surface area contributed by atoms with Crippen molar-refractivity contribution < 1.29 is 9.53 Å². The maximum Gasteiger partial charge on any atom is 0.322 e. The predicted molar refractivity (Wildman–Crippen MR) is 56.0 cm³/mol. The number of unbranched alkanes of at least 4 members (excludes halogenated alkanes) is 2. The van der Waals surface area contributed by atoms with E-state index in [1.54, 1.807) is 0 Å². The van der Waals surface area contributed by atoms with Crippen molar-refractivity contribution in [3.05, 3.63) is 0 Å². The van der Waals surface area contributed by atoms with Crippen LogP contribution in [0.15, 0.2) is 0 Å². The van der Waals surface area contributed by atoms with Crippen molar-refractivity contribution in [1.29, 1.82) is 0 Å².